The van der Waals surface area contributed by atoms with E-state index in [0.717, 1.165) is 16.9 Å². The van der Waals surface area contributed by atoms with Crippen molar-refractivity contribution in [2.75, 3.05) is 13.1 Å². The van der Waals surface area contributed by atoms with Crippen LogP contribution in [-0.4, -0.2) is 44.8 Å². The van der Waals surface area contributed by atoms with E-state index in [2.05, 4.69) is 5.10 Å². The lowest BCUT2D eigenvalue weighted by atomic mass is 9.93. The molecule has 1 aromatic heterocycles. The maximum absolute atomic E-state index is 12.4. The third-order valence-electron chi connectivity index (χ3n) is 3.66. The third-order valence-corrected chi connectivity index (χ3v) is 3.66. The van der Waals surface area contributed by atoms with Crippen molar-refractivity contribution >= 4 is 11.9 Å². The van der Waals surface area contributed by atoms with Gasteiger partial charge in [0, 0.05) is 25.7 Å². The van der Waals surface area contributed by atoms with Gasteiger partial charge in [-0.3, -0.25) is 14.3 Å². The van der Waals surface area contributed by atoms with Crippen molar-refractivity contribution in [2.45, 2.75) is 32.0 Å². The van der Waals surface area contributed by atoms with Crippen LogP contribution in [0.4, 0.5) is 13.2 Å². The van der Waals surface area contributed by atoms with Crippen LogP contribution in [-0.2, 0) is 22.3 Å². The Kier molecular flexibility index (Phi) is 4.72. The van der Waals surface area contributed by atoms with Crippen molar-refractivity contribution in [3.05, 3.63) is 18.0 Å². The molecule has 0 aliphatic carbocycles. The van der Waals surface area contributed by atoms with Gasteiger partial charge < -0.3 is 10.0 Å². The molecule has 22 heavy (non-hydrogen) atoms. The number of likely N-dealkylation sites (tertiary alicyclic amines) is 1. The molecule has 2 heterocycles. The van der Waals surface area contributed by atoms with E-state index in [-0.39, 0.29) is 24.8 Å². The summed E-state index contributed by atoms with van der Waals surface area (Å²) in [5.74, 6) is -1.13. The number of amides is 1. The molecular formula is C13H16F3N3O3. The molecule has 0 spiro atoms. The minimum atomic E-state index is -4.52. The van der Waals surface area contributed by atoms with E-state index in [1.807, 2.05) is 0 Å². The van der Waals surface area contributed by atoms with Crippen LogP contribution in [0.2, 0.25) is 0 Å². The first-order valence-corrected chi connectivity index (χ1v) is 6.86. The summed E-state index contributed by atoms with van der Waals surface area (Å²) in [5.41, 5.74) is -1.03. The molecule has 1 saturated heterocycles. The second-order valence-corrected chi connectivity index (χ2v) is 5.32. The first kappa shape index (κ1) is 16.3. The number of carboxylic acids is 1. The number of alkyl halides is 3. The van der Waals surface area contributed by atoms with E-state index < -0.39 is 17.8 Å². The number of carbonyl (C=O) groups is 2. The van der Waals surface area contributed by atoms with Gasteiger partial charge in [-0.25, -0.2) is 0 Å². The van der Waals surface area contributed by atoms with Gasteiger partial charge in [0.15, 0.2) is 5.69 Å². The van der Waals surface area contributed by atoms with E-state index >= 15 is 0 Å². The van der Waals surface area contributed by atoms with Gasteiger partial charge in [-0.1, -0.05) is 0 Å². The van der Waals surface area contributed by atoms with Gasteiger partial charge in [-0.2, -0.15) is 18.3 Å². The quantitative estimate of drug-likeness (QED) is 0.915. The average Bonchev–Trinajstić information content (AvgIpc) is 2.87. The molecule has 1 N–H and O–H groups in total. The Hall–Kier alpha value is -2.06. The zero-order valence-electron chi connectivity index (χ0n) is 11.7. The zero-order valence-corrected chi connectivity index (χ0v) is 11.7. The van der Waals surface area contributed by atoms with Crippen LogP contribution in [0.15, 0.2) is 12.3 Å². The Bertz CT molecular complexity index is 548. The summed E-state index contributed by atoms with van der Waals surface area (Å²) >= 11 is 0. The molecule has 1 aliphatic rings. The summed E-state index contributed by atoms with van der Waals surface area (Å²) in [7, 11) is 0. The lowest BCUT2D eigenvalue weighted by molar-refractivity contribution is -0.142. The minimum Gasteiger partial charge on any atom is -0.481 e. The van der Waals surface area contributed by atoms with Crippen LogP contribution in [0, 0.1) is 5.92 Å². The second-order valence-electron chi connectivity index (χ2n) is 5.32. The standard InChI is InChI=1S/C13H16F3N3O3/c14-13(15,16)10-3-6-19(17-10)8-11(20)18-4-1-9(2-5-18)7-12(21)22/h3,6,9H,1-2,4-5,7-8H2,(H,21,22). The van der Waals surface area contributed by atoms with Gasteiger partial charge >= 0.3 is 12.1 Å². The molecule has 122 valence electrons. The number of rotatable bonds is 4. The predicted octanol–water partition coefficient (Wildman–Crippen LogP) is 1.62. The highest BCUT2D eigenvalue weighted by Crippen LogP contribution is 2.27. The SMILES string of the molecule is O=C(O)CC1CCN(C(=O)Cn2ccc(C(F)(F)F)n2)CC1. The Morgan fingerprint density at radius 2 is 1.95 bits per heavy atom. The maximum atomic E-state index is 12.4. The van der Waals surface area contributed by atoms with Crippen molar-refractivity contribution in [1.82, 2.24) is 14.7 Å². The summed E-state index contributed by atoms with van der Waals surface area (Å²) in [6.45, 7) is 0.591. The third kappa shape index (κ3) is 4.22. The van der Waals surface area contributed by atoms with Crippen LogP contribution in [0.5, 0.6) is 0 Å². The van der Waals surface area contributed by atoms with Crippen molar-refractivity contribution in [3.8, 4) is 0 Å². The van der Waals surface area contributed by atoms with Gasteiger partial charge in [-0.05, 0) is 24.8 Å². The number of nitrogens with zero attached hydrogens (tertiary/aromatic N) is 3. The van der Waals surface area contributed by atoms with Crippen LogP contribution in [0.25, 0.3) is 0 Å². The molecule has 1 amide bonds. The topological polar surface area (TPSA) is 75.4 Å². The normalized spacial score (nSPS) is 16.8. The van der Waals surface area contributed by atoms with Gasteiger partial charge in [0.25, 0.3) is 0 Å². The smallest absolute Gasteiger partial charge is 0.435 e. The maximum Gasteiger partial charge on any atom is 0.435 e. The molecule has 0 unspecified atom stereocenters. The van der Waals surface area contributed by atoms with E-state index in [1.54, 1.807) is 0 Å². The lowest BCUT2D eigenvalue weighted by Crippen LogP contribution is -2.40. The Labute approximate surface area is 124 Å². The molecule has 1 fully saturated rings. The summed E-state index contributed by atoms with van der Waals surface area (Å²) in [5, 5.41) is 12.1. The van der Waals surface area contributed by atoms with Crippen molar-refractivity contribution < 1.29 is 27.9 Å². The van der Waals surface area contributed by atoms with Crippen LogP contribution >= 0.6 is 0 Å². The van der Waals surface area contributed by atoms with Gasteiger partial charge in [0.1, 0.15) is 6.54 Å². The number of aromatic nitrogens is 2. The molecule has 0 saturated carbocycles. The Balaban J connectivity index is 1.86. The Morgan fingerprint density at radius 3 is 2.45 bits per heavy atom. The van der Waals surface area contributed by atoms with Gasteiger partial charge in [0.2, 0.25) is 5.91 Å². The Morgan fingerprint density at radius 1 is 1.32 bits per heavy atom. The number of hydrogen-bond acceptors (Lipinski definition) is 3. The van der Waals surface area contributed by atoms with Crippen LogP contribution in [0.3, 0.4) is 0 Å². The molecule has 1 aromatic rings. The number of halogens is 3. The molecule has 0 aromatic carbocycles. The highest BCUT2D eigenvalue weighted by molar-refractivity contribution is 5.76. The first-order valence-electron chi connectivity index (χ1n) is 6.86. The van der Waals surface area contributed by atoms with E-state index in [0.29, 0.717) is 25.9 Å². The van der Waals surface area contributed by atoms with Crippen LogP contribution in [0.1, 0.15) is 25.0 Å². The van der Waals surface area contributed by atoms with E-state index in [9.17, 15) is 22.8 Å². The zero-order chi connectivity index (χ0) is 16.3. The van der Waals surface area contributed by atoms with E-state index in [1.165, 1.54) is 4.90 Å². The fourth-order valence-electron chi connectivity index (χ4n) is 2.47. The lowest BCUT2D eigenvalue weighted by Gasteiger charge is -2.31. The molecule has 0 atom stereocenters. The highest BCUT2D eigenvalue weighted by atomic mass is 19.4. The molecule has 1 aliphatic heterocycles. The van der Waals surface area contributed by atoms with Crippen molar-refractivity contribution in [1.29, 1.82) is 0 Å². The molecule has 6 nitrogen and oxygen atoms in total. The molecule has 2 rings (SSSR count). The number of aliphatic carboxylic acids is 1. The van der Waals surface area contributed by atoms with Crippen molar-refractivity contribution in [3.63, 3.8) is 0 Å². The average molecular weight is 319 g/mol. The summed E-state index contributed by atoms with van der Waals surface area (Å²) in [6.07, 6.45) is -2.15. The van der Waals surface area contributed by atoms with Gasteiger partial charge in [0.05, 0.1) is 0 Å². The number of piperidine rings is 1. The predicted molar refractivity (Wildman–Crippen MR) is 68.8 cm³/mol. The number of hydrogen-bond donors (Lipinski definition) is 1. The largest absolute Gasteiger partial charge is 0.481 e. The number of carbonyl (C=O) groups excluding carboxylic acids is 1. The summed E-state index contributed by atoms with van der Waals surface area (Å²) in [4.78, 5) is 24.2. The molecule has 9 heteroatoms. The monoisotopic (exact) mass is 319 g/mol. The summed E-state index contributed by atoms with van der Waals surface area (Å²) in [6, 6.07) is 0.826. The van der Waals surface area contributed by atoms with Gasteiger partial charge in [-0.15, -0.1) is 0 Å². The molecular weight excluding hydrogens is 303 g/mol. The molecule has 0 bridgehead atoms. The summed E-state index contributed by atoms with van der Waals surface area (Å²) < 4.78 is 38.2. The van der Waals surface area contributed by atoms with Crippen LogP contribution < -0.4 is 0 Å². The first-order chi connectivity index (χ1) is 10.3. The second kappa shape index (κ2) is 6.37. The van der Waals surface area contributed by atoms with Crippen molar-refractivity contribution in [2.24, 2.45) is 5.92 Å². The van der Waals surface area contributed by atoms with E-state index in [4.69, 9.17) is 5.11 Å². The fourth-order valence-corrected chi connectivity index (χ4v) is 2.47. The number of carboxylic acid groups (broad SMARTS) is 1. The highest BCUT2D eigenvalue weighted by Gasteiger charge is 2.34. The fraction of sp³-hybridized carbons (Fsp3) is 0.615. The minimum absolute atomic E-state index is 0.0445. The molecule has 0 radical (unpaired) electrons.